The van der Waals surface area contributed by atoms with Crippen LogP contribution >= 0.6 is 0 Å². The van der Waals surface area contributed by atoms with E-state index in [0.717, 1.165) is 31.2 Å². The number of nitrogens with one attached hydrogen (secondary N) is 3. The summed E-state index contributed by atoms with van der Waals surface area (Å²) in [5.41, 5.74) is 1.31. The number of furan rings is 1. The molecule has 2 aromatic heterocycles. The molecule has 0 spiro atoms. The van der Waals surface area contributed by atoms with Crippen LogP contribution in [0.5, 0.6) is 5.75 Å². The molecule has 2 heterocycles. The van der Waals surface area contributed by atoms with Gasteiger partial charge < -0.3 is 25.1 Å². The van der Waals surface area contributed by atoms with E-state index in [1.807, 2.05) is 6.07 Å². The van der Waals surface area contributed by atoms with Crippen molar-refractivity contribution in [3.8, 4) is 17.1 Å². The number of rotatable bonds is 11. The van der Waals surface area contributed by atoms with Gasteiger partial charge >= 0.3 is 6.36 Å². The molecule has 0 saturated heterocycles. The van der Waals surface area contributed by atoms with Crippen LogP contribution in [0.25, 0.3) is 11.3 Å². The lowest BCUT2D eigenvalue weighted by Crippen LogP contribution is -2.51. The summed E-state index contributed by atoms with van der Waals surface area (Å²) in [5.74, 6) is -0.153. The third kappa shape index (κ3) is 8.75. The van der Waals surface area contributed by atoms with Gasteiger partial charge in [0, 0.05) is 36.2 Å². The van der Waals surface area contributed by atoms with E-state index >= 15 is 0 Å². The molecule has 1 aliphatic carbocycles. The third-order valence-corrected chi connectivity index (χ3v) is 6.78. The lowest BCUT2D eigenvalue weighted by molar-refractivity contribution is -0.274. The predicted molar refractivity (Wildman–Crippen MR) is 144 cm³/mol. The molecule has 4 rings (SSSR count). The quantitative estimate of drug-likeness (QED) is 0.270. The second kappa shape index (κ2) is 13.4. The summed E-state index contributed by atoms with van der Waals surface area (Å²) >= 11 is 0. The highest BCUT2D eigenvalue weighted by atomic mass is 19.4. The van der Waals surface area contributed by atoms with Crippen LogP contribution in [0.15, 0.2) is 65.3 Å². The van der Waals surface area contributed by atoms with Gasteiger partial charge in [0.15, 0.2) is 5.76 Å². The first-order chi connectivity index (χ1) is 19.2. The normalized spacial score (nSPS) is 15.6. The Labute approximate surface area is 230 Å². The highest BCUT2D eigenvalue weighted by Gasteiger charge is 2.31. The van der Waals surface area contributed by atoms with E-state index in [2.05, 4.69) is 25.7 Å². The molecule has 214 valence electrons. The molecule has 1 aromatic carbocycles. The summed E-state index contributed by atoms with van der Waals surface area (Å²) in [6.45, 7) is 2.13. The molecule has 40 heavy (non-hydrogen) atoms. The molecule has 1 saturated carbocycles. The van der Waals surface area contributed by atoms with Gasteiger partial charge in [0.2, 0.25) is 5.91 Å². The summed E-state index contributed by atoms with van der Waals surface area (Å²) < 4.78 is 46.7. The van der Waals surface area contributed by atoms with Gasteiger partial charge in [-0.25, -0.2) is 0 Å². The molecular weight excluding hydrogens is 525 g/mol. The number of halogens is 3. The number of ether oxygens (including phenoxy) is 1. The van der Waals surface area contributed by atoms with Gasteiger partial charge in [-0.05, 0) is 67.8 Å². The van der Waals surface area contributed by atoms with Crippen molar-refractivity contribution < 1.29 is 31.9 Å². The minimum Gasteiger partial charge on any atom is -0.451 e. The highest BCUT2D eigenvalue weighted by Crippen LogP contribution is 2.28. The van der Waals surface area contributed by atoms with Crippen molar-refractivity contribution in [3.63, 3.8) is 0 Å². The van der Waals surface area contributed by atoms with Gasteiger partial charge in [-0.3, -0.25) is 14.6 Å². The maximum absolute atomic E-state index is 13.3. The van der Waals surface area contributed by atoms with Crippen LogP contribution in [0, 0.1) is 5.92 Å². The van der Waals surface area contributed by atoms with Crippen molar-refractivity contribution in [2.45, 2.75) is 63.9 Å². The standard InChI is InChI=1S/C29H33F3N4O4/c1-19(17-34-22-9-11-23(12-10-22)40-29(30,31)32)35-27(37)24(16-20-6-3-2-4-7-20)36-28(38)26-14-13-25(39-26)21-8-5-15-33-18-21/h5,8-15,18-20,24,34H,2-4,6-7,16-17H2,1H3,(H,35,37)(H,36,38)/t19-,24?/m0/s1. The monoisotopic (exact) mass is 558 g/mol. The minimum atomic E-state index is -4.75. The number of carbonyl (C=O) groups excluding carboxylic acids is 2. The van der Waals surface area contributed by atoms with Gasteiger partial charge in [0.25, 0.3) is 5.91 Å². The zero-order valence-electron chi connectivity index (χ0n) is 22.2. The Morgan fingerprint density at radius 1 is 1.05 bits per heavy atom. The lowest BCUT2D eigenvalue weighted by Gasteiger charge is -2.27. The van der Waals surface area contributed by atoms with Crippen LogP contribution in [0.2, 0.25) is 0 Å². The number of pyridine rings is 1. The number of amides is 2. The first kappa shape index (κ1) is 29.0. The fourth-order valence-corrected chi connectivity index (χ4v) is 4.78. The third-order valence-electron chi connectivity index (χ3n) is 6.78. The molecule has 1 unspecified atom stereocenters. The van der Waals surface area contributed by atoms with E-state index in [4.69, 9.17) is 4.42 Å². The SMILES string of the molecule is C[C@@H](CNc1ccc(OC(F)(F)F)cc1)NC(=O)C(CC1CCCCC1)NC(=O)c1ccc(-c2cccnc2)o1. The zero-order valence-corrected chi connectivity index (χ0v) is 22.2. The average molecular weight is 559 g/mol. The van der Waals surface area contributed by atoms with E-state index in [-0.39, 0.29) is 23.5 Å². The van der Waals surface area contributed by atoms with Crippen LogP contribution in [-0.4, -0.2) is 41.8 Å². The largest absolute Gasteiger partial charge is 0.573 e. The molecule has 0 radical (unpaired) electrons. The number of carbonyl (C=O) groups is 2. The van der Waals surface area contributed by atoms with Crippen molar-refractivity contribution in [1.29, 1.82) is 0 Å². The Balaban J connectivity index is 1.35. The van der Waals surface area contributed by atoms with Crippen molar-refractivity contribution in [2.75, 3.05) is 11.9 Å². The topological polar surface area (TPSA) is 105 Å². The summed E-state index contributed by atoms with van der Waals surface area (Å²) in [7, 11) is 0. The molecular formula is C29H33F3N4O4. The number of aromatic nitrogens is 1. The van der Waals surface area contributed by atoms with Gasteiger partial charge in [0.1, 0.15) is 17.6 Å². The number of nitrogens with zero attached hydrogens (tertiary/aromatic N) is 1. The zero-order chi connectivity index (χ0) is 28.5. The summed E-state index contributed by atoms with van der Waals surface area (Å²) in [6.07, 6.45) is 4.46. The second-order valence-corrected chi connectivity index (χ2v) is 10.0. The molecule has 2 amide bonds. The maximum Gasteiger partial charge on any atom is 0.573 e. The first-order valence-electron chi connectivity index (χ1n) is 13.4. The smallest absolute Gasteiger partial charge is 0.451 e. The van der Waals surface area contributed by atoms with E-state index in [0.29, 0.717) is 30.3 Å². The van der Waals surface area contributed by atoms with E-state index < -0.39 is 18.3 Å². The molecule has 1 fully saturated rings. The Bertz CT molecular complexity index is 1240. The summed E-state index contributed by atoms with van der Waals surface area (Å²) in [5, 5.41) is 8.89. The maximum atomic E-state index is 13.3. The predicted octanol–water partition coefficient (Wildman–Crippen LogP) is 5.93. The van der Waals surface area contributed by atoms with Crippen LogP contribution in [-0.2, 0) is 4.79 Å². The molecule has 0 aliphatic heterocycles. The Kier molecular flexibility index (Phi) is 9.68. The minimum absolute atomic E-state index is 0.105. The van der Waals surface area contributed by atoms with Crippen molar-refractivity contribution >= 4 is 17.5 Å². The average Bonchev–Trinajstić information content (AvgIpc) is 3.43. The highest BCUT2D eigenvalue weighted by molar-refractivity contribution is 5.96. The summed E-state index contributed by atoms with van der Waals surface area (Å²) in [6, 6.07) is 11.1. The van der Waals surface area contributed by atoms with E-state index in [9.17, 15) is 22.8 Å². The Hall–Kier alpha value is -4.02. The second-order valence-electron chi connectivity index (χ2n) is 10.0. The number of hydrogen-bond donors (Lipinski definition) is 3. The van der Waals surface area contributed by atoms with E-state index in [1.54, 1.807) is 37.5 Å². The van der Waals surface area contributed by atoms with Crippen molar-refractivity contribution in [1.82, 2.24) is 15.6 Å². The molecule has 3 N–H and O–H groups in total. The van der Waals surface area contributed by atoms with Gasteiger partial charge in [0.05, 0.1) is 0 Å². The molecule has 3 aromatic rings. The number of benzene rings is 1. The molecule has 11 heteroatoms. The van der Waals surface area contributed by atoms with E-state index in [1.165, 1.54) is 30.7 Å². The Morgan fingerprint density at radius 2 is 1.80 bits per heavy atom. The number of hydrogen-bond acceptors (Lipinski definition) is 6. The molecule has 8 nitrogen and oxygen atoms in total. The fraction of sp³-hybridized carbons (Fsp3) is 0.414. The Morgan fingerprint density at radius 3 is 2.48 bits per heavy atom. The van der Waals surface area contributed by atoms with Crippen LogP contribution in [0.4, 0.5) is 18.9 Å². The van der Waals surface area contributed by atoms with Crippen LogP contribution < -0.4 is 20.7 Å². The molecule has 1 aliphatic rings. The van der Waals surface area contributed by atoms with Crippen LogP contribution in [0.3, 0.4) is 0 Å². The molecule has 0 bridgehead atoms. The summed E-state index contributed by atoms with van der Waals surface area (Å²) in [4.78, 5) is 30.4. The van der Waals surface area contributed by atoms with Gasteiger partial charge in [-0.15, -0.1) is 13.2 Å². The van der Waals surface area contributed by atoms with Crippen molar-refractivity contribution in [3.05, 3.63) is 66.7 Å². The first-order valence-corrected chi connectivity index (χ1v) is 13.4. The van der Waals surface area contributed by atoms with Crippen LogP contribution in [0.1, 0.15) is 56.0 Å². The van der Waals surface area contributed by atoms with Gasteiger partial charge in [-0.1, -0.05) is 32.1 Å². The van der Waals surface area contributed by atoms with Crippen molar-refractivity contribution in [2.24, 2.45) is 5.92 Å². The van der Waals surface area contributed by atoms with Gasteiger partial charge in [-0.2, -0.15) is 0 Å². The number of alkyl halides is 3. The lowest BCUT2D eigenvalue weighted by atomic mass is 9.84. The fourth-order valence-electron chi connectivity index (χ4n) is 4.78. The molecule has 2 atom stereocenters. The number of anilines is 1.